The Balaban J connectivity index is 0.000000433. The van der Waals surface area contributed by atoms with Crippen LogP contribution >= 0.6 is 12.8 Å². The van der Waals surface area contributed by atoms with Gasteiger partial charge in [-0.2, -0.15) is 13.2 Å². The van der Waals surface area contributed by atoms with Crippen molar-refractivity contribution in [2.24, 2.45) is 5.41 Å². The molecule has 1 aromatic carbocycles. The highest BCUT2D eigenvalue weighted by Gasteiger charge is 2.34. The second-order valence-corrected chi connectivity index (χ2v) is 8.71. The largest absolute Gasteiger partial charge is 0.416 e. The predicted molar refractivity (Wildman–Crippen MR) is 113 cm³/mol. The fourth-order valence-electron chi connectivity index (χ4n) is 2.93. The Kier molecular flexibility index (Phi) is 9.77. The Morgan fingerprint density at radius 2 is 1.62 bits per heavy atom. The van der Waals surface area contributed by atoms with E-state index in [0.717, 1.165) is 32.3 Å². The van der Waals surface area contributed by atoms with Gasteiger partial charge in [-0.05, 0) is 30.4 Å². The van der Waals surface area contributed by atoms with Crippen molar-refractivity contribution in [1.29, 1.82) is 0 Å². The summed E-state index contributed by atoms with van der Waals surface area (Å²) in [7, 11) is 0. The van der Waals surface area contributed by atoms with Crippen LogP contribution in [0.2, 0.25) is 0 Å². The molecule has 178 valence electrons. The second-order valence-electron chi connectivity index (χ2n) is 8.39. The minimum atomic E-state index is -4.77. The molecule has 2 rings (SSSR count). The van der Waals surface area contributed by atoms with Crippen LogP contribution in [0.25, 0.3) is 0 Å². The van der Waals surface area contributed by atoms with Gasteiger partial charge in [0, 0.05) is 36.5 Å². The maximum absolute atomic E-state index is 13.9. The normalized spacial score (nSPS) is 11.8. The number of pyridine rings is 1. The van der Waals surface area contributed by atoms with Gasteiger partial charge in [0.25, 0.3) is 0 Å². The van der Waals surface area contributed by atoms with Crippen molar-refractivity contribution in [2.45, 2.75) is 46.7 Å². The van der Waals surface area contributed by atoms with Crippen LogP contribution in [0.1, 0.15) is 49.4 Å². The summed E-state index contributed by atoms with van der Waals surface area (Å²) in [4.78, 5) is 3.46. The number of hydrogen-bond donors (Lipinski definition) is 2. The van der Waals surface area contributed by atoms with Crippen LogP contribution in [-0.4, -0.2) is 11.5 Å². The van der Waals surface area contributed by atoms with Crippen molar-refractivity contribution < 1.29 is 30.7 Å². The molecule has 2 nitrogen and oxygen atoms in total. The first-order valence-electron chi connectivity index (χ1n) is 9.45. The molecule has 0 fully saturated rings. The van der Waals surface area contributed by atoms with E-state index in [4.69, 9.17) is 0 Å². The molecular formula is C22H25F7N2S. The minimum Gasteiger partial charge on any atom is -0.264 e. The molecule has 0 bridgehead atoms. The van der Waals surface area contributed by atoms with Gasteiger partial charge in [-0.25, -0.2) is 17.6 Å². The van der Waals surface area contributed by atoms with Crippen molar-refractivity contribution in [1.82, 2.24) is 9.71 Å². The zero-order valence-corrected chi connectivity index (χ0v) is 19.0. The highest BCUT2D eigenvalue weighted by atomic mass is 32.1. The third kappa shape index (κ3) is 7.81. The van der Waals surface area contributed by atoms with Gasteiger partial charge >= 0.3 is 6.18 Å². The smallest absolute Gasteiger partial charge is 0.264 e. The lowest BCUT2D eigenvalue weighted by molar-refractivity contribution is -0.138. The molecule has 0 atom stereocenters. The minimum absolute atomic E-state index is 0.349. The van der Waals surface area contributed by atoms with Gasteiger partial charge in [0.1, 0.15) is 5.82 Å². The van der Waals surface area contributed by atoms with Crippen LogP contribution in [0.4, 0.5) is 30.7 Å². The molecule has 2 aromatic rings. The number of benzene rings is 1. The quantitative estimate of drug-likeness (QED) is 0.158. The van der Waals surface area contributed by atoms with Crippen LogP contribution in [0, 0.1) is 35.6 Å². The number of rotatable bonds is 5. The lowest BCUT2D eigenvalue weighted by Crippen LogP contribution is -2.12. The van der Waals surface area contributed by atoms with Crippen molar-refractivity contribution in [3.05, 3.63) is 76.1 Å². The van der Waals surface area contributed by atoms with Crippen molar-refractivity contribution in [2.75, 3.05) is 6.54 Å². The molecule has 0 unspecified atom stereocenters. The van der Waals surface area contributed by atoms with Crippen LogP contribution in [0.15, 0.2) is 30.6 Å². The Hall–Kier alpha value is -2.07. The summed E-state index contributed by atoms with van der Waals surface area (Å²) < 4.78 is 95.3. The van der Waals surface area contributed by atoms with Crippen LogP contribution < -0.4 is 4.72 Å². The molecule has 0 aliphatic rings. The summed E-state index contributed by atoms with van der Waals surface area (Å²) >= 11 is 3.90. The zero-order valence-electron chi connectivity index (χ0n) is 18.1. The summed E-state index contributed by atoms with van der Waals surface area (Å²) in [6.07, 6.45) is -2.97. The van der Waals surface area contributed by atoms with E-state index < -0.39 is 58.1 Å². The monoisotopic (exact) mass is 482 g/mol. The molecule has 0 amide bonds. The SMILES string of the molecule is C=C(CNS)CC(C)(C)C.Cc1c(F)c(F)c(F)c(Cc2cnccc2C(F)(F)F)c1F. The maximum atomic E-state index is 13.9. The summed E-state index contributed by atoms with van der Waals surface area (Å²) in [5, 5.41) is 0. The lowest BCUT2D eigenvalue weighted by Gasteiger charge is -2.19. The van der Waals surface area contributed by atoms with Crippen LogP contribution in [0.3, 0.4) is 0 Å². The number of thiol groups is 1. The molecule has 0 saturated heterocycles. The van der Waals surface area contributed by atoms with Gasteiger partial charge in [0.05, 0.1) is 5.56 Å². The predicted octanol–water partition coefficient (Wildman–Crippen LogP) is 6.97. The van der Waals surface area contributed by atoms with Gasteiger partial charge in [0.2, 0.25) is 0 Å². The average Bonchev–Trinajstić information content (AvgIpc) is 2.67. The van der Waals surface area contributed by atoms with Crippen LogP contribution in [-0.2, 0) is 12.6 Å². The van der Waals surface area contributed by atoms with E-state index in [1.54, 1.807) is 0 Å². The number of halogens is 7. The Labute approximate surface area is 188 Å². The van der Waals surface area contributed by atoms with E-state index in [9.17, 15) is 30.7 Å². The standard InChI is InChI=1S/C14H8F7N.C8H17NS/c1-6-10(15)8(12(17)13(18)11(6)16)4-7-5-22-3-2-9(7)14(19,20)21;1-7(6-9-10)5-8(2,3)4/h2-3,5H,4H2,1H3;9-10H,1,5-6H2,2-4H3. The number of nitrogens with zero attached hydrogens (tertiary/aromatic N) is 1. The molecule has 1 aromatic heterocycles. The molecule has 0 spiro atoms. The summed E-state index contributed by atoms with van der Waals surface area (Å²) in [5.74, 6) is -6.90. The maximum Gasteiger partial charge on any atom is 0.416 e. The first kappa shape index (κ1) is 28.0. The van der Waals surface area contributed by atoms with E-state index in [1.165, 1.54) is 5.57 Å². The summed E-state index contributed by atoms with van der Waals surface area (Å²) in [6.45, 7) is 12.2. The fourth-order valence-corrected chi connectivity index (χ4v) is 3.15. The number of hydrogen-bond acceptors (Lipinski definition) is 3. The van der Waals surface area contributed by atoms with E-state index in [-0.39, 0.29) is 0 Å². The first-order valence-corrected chi connectivity index (χ1v) is 9.90. The highest BCUT2D eigenvalue weighted by Crippen LogP contribution is 2.34. The number of aromatic nitrogens is 1. The van der Waals surface area contributed by atoms with Crippen molar-refractivity contribution >= 4 is 12.8 Å². The van der Waals surface area contributed by atoms with Gasteiger partial charge in [-0.3, -0.25) is 9.71 Å². The molecule has 0 saturated carbocycles. The Morgan fingerprint density at radius 3 is 2.12 bits per heavy atom. The third-order valence-electron chi connectivity index (χ3n) is 4.26. The Morgan fingerprint density at radius 1 is 1.03 bits per heavy atom. The highest BCUT2D eigenvalue weighted by molar-refractivity contribution is 7.78. The molecule has 32 heavy (non-hydrogen) atoms. The zero-order chi connectivity index (χ0) is 24.9. The van der Waals surface area contributed by atoms with Gasteiger partial charge in [-0.15, -0.1) is 0 Å². The van der Waals surface area contributed by atoms with E-state index in [2.05, 4.69) is 49.9 Å². The molecular weight excluding hydrogens is 457 g/mol. The topological polar surface area (TPSA) is 24.9 Å². The Bertz CT molecular complexity index is 922. The lowest BCUT2D eigenvalue weighted by atomic mass is 9.88. The van der Waals surface area contributed by atoms with E-state index in [1.807, 2.05) is 0 Å². The summed E-state index contributed by atoms with van der Waals surface area (Å²) in [6, 6.07) is 0.637. The molecule has 0 aliphatic heterocycles. The molecule has 1 heterocycles. The van der Waals surface area contributed by atoms with Gasteiger partial charge in [0.15, 0.2) is 17.5 Å². The number of alkyl halides is 3. The van der Waals surface area contributed by atoms with Crippen molar-refractivity contribution in [3.8, 4) is 0 Å². The van der Waals surface area contributed by atoms with E-state index >= 15 is 0 Å². The molecule has 1 N–H and O–H groups in total. The van der Waals surface area contributed by atoms with Crippen LogP contribution in [0.5, 0.6) is 0 Å². The molecule has 0 radical (unpaired) electrons. The fraction of sp³-hybridized carbons (Fsp3) is 0.409. The summed E-state index contributed by atoms with van der Waals surface area (Å²) in [5.41, 5.74) is -1.91. The van der Waals surface area contributed by atoms with Crippen molar-refractivity contribution in [3.63, 3.8) is 0 Å². The van der Waals surface area contributed by atoms with Gasteiger partial charge in [-0.1, -0.05) is 45.7 Å². The first-order chi connectivity index (χ1) is 14.6. The number of nitrogens with one attached hydrogen (secondary N) is 1. The average molecular weight is 483 g/mol. The molecule has 0 aliphatic carbocycles. The second kappa shape index (κ2) is 11.2. The third-order valence-corrected chi connectivity index (χ3v) is 4.42. The van der Waals surface area contributed by atoms with Gasteiger partial charge < -0.3 is 0 Å². The molecule has 10 heteroatoms. The van der Waals surface area contributed by atoms with E-state index in [0.29, 0.717) is 11.5 Å².